The standard InChI is InChI=1S/C24H27N4O5/c1-14-19(18-4-2-3-5-21(18)26-14)11-16(12-29)27-24(33)22(28-23(32)20(25)13-30)10-15-6-8-17(31)9-7-15/h2-9,16,20,22,26,30-31H,10-11,13,25H2,1H3,(H,27,33)(H,28,32)/t16-,20+,22+/m1/s1. The molecule has 0 unspecified atom stereocenters. The first kappa shape index (κ1) is 24.0. The maximum atomic E-state index is 13.0. The van der Waals surface area contributed by atoms with Crippen molar-refractivity contribution in [2.45, 2.75) is 37.9 Å². The Bertz CT molecular complexity index is 1130. The highest BCUT2D eigenvalue weighted by molar-refractivity contribution is 5.91. The summed E-state index contributed by atoms with van der Waals surface area (Å²) < 4.78 is 0. The Kier molecular flexibility index (Phi) is 7.81. The van der Waals surface area contributed by atoms with Gasteiger partial charge < -0.3 is 31.6 Å². The van der Waals surface area contributed by atoms with Gasteiger partial charge in [0, 0.05) is 29.4 Å². The number of fused-ring (bicyclic) bond motifs is 1. The lowest BCUT2D eigenvalue weighted by Crippen LogP contribution is -2.55. The van der Waals surface area contributed by atoms with Crippen LogP contribution in [0.1, 0.15) is 16.8 Å². The van der Waals surface area contributed by atoms with Crippen molar-refractivity contribution in [2.24, 2.45) is 5.73 Å². The van der Waals surface area contributed by atoms with E-state index in [2.05, 4.69) is 15.6 Å². The van der Waals surface area contributed by atoms with E-state index in [9.17, 15) is 19.5 Å². The van der Waals surface area contributed by atoms with E-state index in [0.29, 0.717) is 5.56 Å². The van der Waals surface area contributed by atoms with Crippen molar-refractivity contribution in [2.75, 3.05) is 6.61 Å². The predicted molar refractivity (Wildman–Crippen MR) is 123 cm³/mol. The van der Waals surface area contributed by atoms with Gasteiger partial charge in [0.05, 0.1) is 12.6 Å². The van der Waals surface area contributed by atoms with Gasteiger partial charge in [-0.2, -0.15) is 0 Å². The highest BCUT2D eigenvalue weighted by Crippen LogP contribution is 2.23. The van der Waals surface area contributed by atoms with Gasteiger partial charge in [-0.15, -0.1) is 0 Å². The molecule has 173 valence electrons. The van der Waals surface area contributed by atoms with Crippen LogP contribution in [-0.4, -0.2) is 58.0 Å². The lowest BCUT2D eigenvalue weighted by atomic mass is 10.0. The van der Waals surface area contributed by atoms with Crippen molar-refractivity contribution < 1.29 is 24.6 Å². The summed E-state index contributed by atoms with van der Waals surface area (Å²) in [6.07, 6.45) is 2.18. The van der Waals surface area contributed by atoms with Crippen LogP contribution in [0.15, 0.2) is 48.5 Å². The van der Waals surface area contributed by atoms with Crippen molar-refractivity contribution in [3.63, 3.8) is 0 Å². The van der Waals surface area contributed by atoms with Gasteiger partial charge in [-0.1, -0.05) is 30.3 Å². The number of carbonyl (C=O) groups excluding carboxylic acids is 3. The van der Waals surface area contributed by atoms with Crippen LogP contribution >= 0.6 is 0 Å². The number of hydrogen-bond acceptors (Lipinski definition) is 6. The number of aromatic hydroxyl groups is 1. The van der Waals surface area contributed by atoms with Gasteiger partial charge >= 0.3 is 0 Å². The number of phenolic OH excluding ortho intramolecular Hbond substituents is 1. The molecule has 9 nitrogen and oxygen atoms in total. The normalized spacial score (nSPS) is 13.8. The molecule has 0 aliphatic heterocycles. The summed E-state index contributed by atoms with van der Waals surface area (Å²) in [6.45, 7) is 1.31. The number of carbonyl (C=O) groups is 2. The average molecular weight is 452 g/mol. The summed E-state index contributed by atoms with van der Waals surface area (Å²) in [6, 6.07) is 10.6. The fourth-order valence-electron chi connectivity index (χ4n) is 3.64. The number of hydrogen-bond donors (Lipinski definition) is 6. The molecule has 7 N–H and O–H groups in total. The van der Waals surface area contributed by atoms with Gasteiger partial charge in [-0.3, -0.25) is 14.4 Å². The van der Waals surface area contributed by atoms with Crippen LogP contribution in [-0.2, 0) is 27.2 Å². The number of amides is 2. The number of aryl methyl sites for hydroxylation is 1. The monoisotopic (exact) mass is 451 g/mol. The lowest BCUT2D eigenvalue weighted by Gasteiger charge is -2.22. The van der Waals surface area contributed by atoms with Crippen LogP contribution in [0.3, 0.4) is 0 Å². The van der Waals surface area contributed by atoms with Gasteiger partial charge in [-0.05, 0) is 36.2 Å². The third-order valence-electron chi connectivity index (χ3n) is 5.44. The molecule has 33 heavy (non-hydrogen) atoms. The van der Waals surface area contributed by atoms with Crippen LogP contribution in [0.2, 0.25) is 0 Å². The molecule has 3 rings (SSSR count). The Morgan fingerprint density at radius 1 is 1.06 bits per heavy atom. The molecular weight excluding hydrogens is 424 g/mol. The van der Waals surface area contributed by atoms with E-state index in [1.807, 2.05) is 37.5 Å². The zero-order chi connectivity index (χ0) is 24.0. The molecule has 0 spiro atoms. The number of aromatic amines is 1. The second-order valence-electron chi connectivity index (χ2n) is 7.88. The SMILES string of the molecule is Cc1[nH]c2ccccc2c1C[C@H]([C]=O)NC(=O)[C@H](Cc1ccc(O)cc1)NC(=O)[C@@H](N)CO. The quantitative estimate of drug-likeness (QED) is 0.261. The van der Waals surface area contributed by atoms with Crippen molar-refractivity contribution in [3.05, 3.63) is 65.4 Å². The molecule has 0 aliphatic rings. The highest BCUT2D eigenvalue weighted by Gasteiger charge is 2.26. The Morgan fingerprint density at radius 3 is 2.42 bits per heavy atom. The molecule has 1 radical (unpaired) electrons. The Morgan fingerprint density at radius 2 is 1.76 bits per heavy atom. The van der Waals surface area contributed by atoms with Crippen LogP contribution < -0.4 is 16.4 Å². The van der Waals surface area contributed by atoms with E-state index in [4.69, 9.17) is 10.8 Å². The summed E-state index contributed by atoms with van der Waals surface area (Å²) >= 11 is 0. The molecule has 3 aromatic rings. The Balaban J connectivity index is 1.78. The van der Waals surface area contributed by atoms with Gasteiger partial charge in [0.15, 0.2) is 0 Å². The maximum absolute atomic E-state index is 13.0. The molecule has 2 aromatic carbocycles. The number of para-hydroxylation sites is 1. The number of rotatable bonds is 10. The lowest BCUT2D eigenvalue weighted by molar-refractivity contribution is -0.130. The molecule has 0 fully saturated rings. The Labute approximate surface area is 191 Å². The number of aliphatic hydroxyl groups is 1. The van der Waals surface area contributed by atoms with Gasteiger partial charge in [-0.25, -0.2) is 0 Å². The zero-order valence-corrected chi connectivity index (χ0v) is 18.2. The number of aromatic nitrogens is 1. The summed E-state index contributed by atoms with van der Waals surface area (Å²) in [4.78, 5) is 40.2. The third kappa shape index (κ3) is 5.97. The zero-order valence-electron chi connectivity index (χ0n) is 18.2. The summed E-state index contributed by atoms with van der Waals surface area (Å²) in [5, 5.41) is 24.8. The fraction of sp³-hybridized carbons (Fsp3) is 0.292. The molecule has 2 amide bonds. The van der Waals surface area contributed by atoms with E-state index in [1.54, 1.807) is 12.1 Å². The smallest absolute Gasteiger partial charge is 0.243 e. The predicted octanol–water partition coefficient (Wildman–Crippen LogP) is 0.366. The Hall–Kier alpha value is -3.69. The summed E-state index contributed by atoms with van der Waals surface area (Å²) in [7, 11) is 0. The van der Waals surface area contributed by atoms with Gasteiger partial charge in [0.2, 0.25) is 18.1 Å². The van der Waals surface area contributed by atoms with E-state index in [1.165, 1.54) is 12.1 Å². The summed E-state index contributed by atoms with van der Waals surface area (Å²) in [5.74, 6) is -1.22. The second-order valence-corrected chi connectivity index (χ2v) is 7.88. The molecule has 1 aromatic heterocycles. The van der Waals surface area contributed by atoms with E-state index >= 15 is 0 Å². The number of H-pyrrole nitrogens is 1. The topological polar surface area (TPSA) is 158 Å². The first-order chi connectivity index (χ1) is 15.8. The van der Waals surface area contributed by atoms with Crippen LogP contribution in [0.5, 0.6) is 5.75 Å². The number of nitrogens with one attached hydrogen (secondary N) is 3. The van der Waals surface area contributed by atoms with Crippen molar-refractivity contribution in [3.8, 4) is 5.75 Å². The van der Waals surface area contributed by atoms with Crippen LogP contribution in [0.25, 0.3) is 10.9 Å². The van der Waals surface area contributed by atoms with E-state index in [-0.39, 0.29) is 18.6 Å². The van der Waals surface area contributed by atoms with Gasteiger partial charge in [0.25, 0.3) is 0 Å². The molecule has 9 heteroatoms. The third-order valence-corrected chi connectivity index (χ3v) is 5.44. The second kappa shape index (κ2) is 10.8. The largest absolute Gasteiger partial charge is 0.508 e. The number of nitrogens with two attached hydrogens (primary N) is 1. The molecule has 0 aliphatic carbocycles. The number of benzene rings is 2. The van der Waals surface area contributed by atoms with Crippen molar-refractivity contribution in [1.82, 2.24) is 15.6 Å². The van der Waals surface area contributed by atoms with E-state index < -0.39 is 36.5 Å². The number of phenols is 1. The molecular formula is C24H27N4O5. The minimum absolute atomic E-state index is 0.0656. The minimum Gasteiger partial charge on any atom is -0.508 e. The molecule has 1 heterocycles. The molecule has 3 atom stereocenters. The maximum Gasteiger partial charge on any atom is 0.243 e. The minimum atomic E-state index is -1.19. The first-order valence-corrected chi connectivity index (χ1v) is 10.5. The summed E-state index contributed by atoms with van der Waals surface area (Å²) in [5.41, 5.74) is 8.94. The van der Waals surface area contributed by atoms with Crippen molar-refractivity contribution in [1.29, 1.82) is 0 Å². The fourth-order valence-corrected chi connectivity index (χ4v) is 3.64. The molecule has 0 bridgehead atoms. The molecule has 0 saturated heterocycles. The van der Waals surface area contributed by atoms with Gasteiger partial charge in [0.1, 0.15) is 17.8 Å². The average Bonchev–Trinajstić information content (AvgIpc) is 3.13. The first-order valence-electron chi connectivity index (χ1n) is 10.5. The number of aliphatic hydroxyl groups excluding tert-OH is 1. The highest BCUT2D eigenvalue weighted by atomic mass is 16.3. The van der Waals surface area contributed by atoms with Crippen LogP contribution in [0, 0.1) is 6.92 Å². The van der Waals surface area contributed by atoms with Crippen molar-refractivity contribution >= 4 is 29.0 Å². The van der Waals surface area contributed by atoms with Crippen LogP contribution in [0.4, 0.5) is 0 Å². The van der Waals surface area contributed by atoms with E-state index in [0.717, 1.165) is 22.2 Å². The molecule has 0 saturated carbocycles.